The molecule has 7 heteroatoms. The van der Waals surface area contributed by atoms with Crippen molar-refractivity contribution in [2.45, 2.75) is 6.92 Å². The van der Waals surface area contributed by atoms with Crippen molar-refractivity contribution < 1.29 is 24.2 Å². The molecule has 0 atom stereocenters. The monoisotopic (exact) mass is 259 g/mol. The fourth-order valence-corrected chi connectivity index (χ4v) is 1.80. The zero-order chi connectivity index (χ0) is 12.7. The second-order valence-corrected chi connectivity index (χ2v) is 3.78. The summed E-state index contributed by atoms with van der Waals surface area (Å²) in [5, 5.41) is 12.9. The third-order valence-electron chi connectivity index (χ3n) is 1.70. The Labute approximate surface area is 102 Å². The number of amides is 1. The fourth-order valence-electron chi connectivity index (χ4n) is 1.04. The van der Waals surface area contributed by atoms with Crippen LogP contribution in [0, 0.1) is 0 Å². The number of hydrogen-bond donors (Lipinski definition) is 2. The minimum absolute atomic E-state index is 0.0913. The first kappa shape index (κ1) is 13.5. The summed E-state index contributed by atoms with van der Waals surface area (Å²) in [5.41, 5.74) is 0.290. The molecule has 0 spiro atoms. The Morgan fingerprint density at radius 1 is 1.47 bits per heavy atom. The molecule has 94 valence electrons. The van der Waals surface area contributed by atoms with Gasteiger partial charge in [-0.05, 0) is 18.4 Å². The fraction of sp³-hybridized carbons (Fsp3) is 0.400. The van der Waals surface area contributed by atoms with E-state index in [0.29, 0.717) is 5.00 Å². The number of carbonyl (C=O) groups excluding carboxylic acids is 2. The van der Waals surface area contributed by atoms with Crippen molar-refractivity contribution in [2.24, 2.45) is 0 Å². The van der Waals surface area contributed by atoms with E-state index in [0.717, 1.165) is 0 Å². The van der Waals surface area contributed by atoms with E-state index in [2.05, 4.69) is 10.1 Å². The lowest BCUT2D eigenvalue weighted by atomic mass is 10.3. The van der Waals surface area contributed by atoms with Gasteiger partial charge in [-0.2, -0.15) is 0 Å². The highest BCUT2D eigenvalue weighted by Crippen LogP contribution is 2.24. The Bertz CT molecular complexity index is 390. The van der Waals surface area contributed by atoms with Crippen LogP contribution in [0.3, 0.4) is 0 Å². The van der Waals surface area contributed by atoms with Crippen LogP contribution in [-0.2, 0) is 9.47 Å². The number of anilines is 1. The van der Waals surface area contributed by atoms with Gasteiger partial charge < -0.3 is 14.6 Å². The maximum Gasteiger partial charge on any atom is 0.412 e. The topological polar surface area (TPSA) is 84.9 Å². The molecule has 17 heavy (non-hydrogen) atoms. The van der Waals surface area contributed by atoms with Crippen LogP contribution in [0.2, 0.25) is 0 Å². The van der Waals surface area contributed by atoms with E-state index in [1.54, 1.807) is 18.4 Å². The van der Waals surface area contributed by atoms with Crippen LogP contribution in [0.15, 0.2) is 11.4 Å². The Morgan fingerprint density at radius 3 is 2.88 bits per heavy atom. The predicted molar refractivity (Wildman–Crippen MR) is 62.3 cm³/mol. The summed E-state index contributed by atoms with van der Waals surface area (Å²) in [7, 11) is 0. The molecule has 0 aliphatic heterocycles. The molecule has 0 aliphatic rings. The molecule has 1 amide bonds. The van der Waals surface area contributed by atoms with Gasteiger partial charge in [0.15, 0.2) is 0 Å². The van der Waals surface area contributed by atoms with Crippen molar-refractivity contribution in [3.8, 4) is 0 Å². The Kier molecular flexibility index (Phi) is 5.44. The van der Waals surface area contributed by atoms with E-state index >= 15 is 0 Å². The zero-order valence-electron chi connectivity index (χ0n) is 9.26. The van der Waals surface area contributed by atoms with Gasteiger partial charge in [0.25, 0.3) is 0 Å². The summed E-state index contributed by atoms with van der Waals surface area (Å²) in [4.78, 5) is 22.7. The molecule has 0 unspecified atom stereocenters. The van der Waals surface area contributed by atoms with Gasteiger partial charge in [-0.1, -0.05) is 0 Å². The lowest BCUT2D eigenvalue weighted by molar-refractivity contribution is 0.0528. The summed E-state index contributed by atoms with van der Waals surface area (Å²) in [5.74, 6) is -0.494. The molecule has 0 saturated carbocycles. The third-order valence-corrected chi connectivity index (χ3v) is 2.53. The van der Waals surface area contributed by atoms with Crippen LogP contribution in [-0.4, -0.2) is 37.0 Å². The maximum absolute atomic E-state index is 11.5. The molecule has 0 fully saturated rings. The quantitative estimate of drug-likeness (QED) is 0.782. The molecule has 1 aromatic rings. The molecule has 0 aromatic carbocycles. The first-order valence-electron chi connectivity index (χ1n) is 4.98. The lowest BCUT2D eigenvalue weighted by Crippen LogP contribution is -2.17. The zero-order valence-corrected chi connectivity index (χ0v) is 10.1. The molecular formula is C10H13NO5S. The Hall–Kier alpha value is -1.60. The molecule has 0 saturated heterocycles. The maximum atomic E-state index is 11.5. The first-order valence-corrected chi connectivity index (χ1v) is 5.86. The van der Waals surface area contributed by atoms with Gasteiger partial charge in [0.05, 0.1) is 18.8 Å². The van der Waals surface area contributed by atoms with Gasteiger partial charge in [0, 0.05) is 0 Å². The molecule has 1 heterocycles. The van der Waals surface area contributed by atoms with E-state index in [-0.39, 0.29) is 25.4 Å². The summed E-state index contributed by atoms with van der Waals surface area (Å²) < 4.78 is 9.44. The standard InChI is InChI=1S/C10H13NO5S/c1-2-15-9(13)7-3-6-17-8(7)11-10(14)16-5-4-12/h3,6,12H,2,4-5H2,1H3,(H,11,14). The van der Waals surface area contributed by atoms with Crippen molar-refractivity contribution in [3.05, 3.63) is 17.0 Å². The molecule has 1 rings (SSSR count). The van der Waals surface area contributed by atoms with Crippen LogP contribution < -0.4 is 5.32 Å². The number of aliphatic hydroxyl groups is 1. The number of ether oxygens (including phenoxy) is 2. The van der Waals surface area contributed by atoms with Crippen molar-refractivity contribution >= 4 is 28.4 Å². The molecule has 6 nitrogen and oxygen atoms in total. The van der Waals surface area contributed by atoms with E-state index in [9.17, 15) is 9.59 Å². The average molecular weight is 259 g/mol. The van der Waals surface area contributed by atoms with Crippen LogP contribution in [0.25, 0.3) is 0 Å². The molecule has 2 N–H and O–H groups in total. The third kappa shape index (κ3) is 4.04. The Balaban J connectivity index is 2.62. The van der Waals surface area contributed by atoms with Crippen molar-refractivity contribution in [3.63, 3.8) is 0 Å². The minimum Gasteiger partial charge on any atom is -0.462 e. The number of carbonyl (C=O) groups is 2. The summed E-state index contributed by atoms with van der Waals surface area (Å²) in [6, 6.07) is 1.56. The van der Waals surface area contributed by atoms with E-state index in [1.807, 2.05) is 0 Å². The van der Waals surface area contributed by atoms with Gasteiger partial charge in [-0.15, -0.1) is 11.3 Å². The average Bonchev–Trinajstić information content (AvgIpc) is 2.75. The van der Waals surface area contributed by atoms with Crippen molar-refractivity contribution in [1.82, 2.24) is 0 Å². The highest BCUT2D eigenvalue weighted by atomic mass is 32.1. The SMILES string of the molecule is CCOC(=O)c1ccsc1NC(=O)OCCO. The smallest absolute Gasteiger partial charge is 0.412 e. The Morgan fingerprint density at radius 2 is 2.24 bits per heavy atom. The van der Waals surface area contributed by atoms with Gasteiger partial charge in [0.2, 0.25) is 0 Å². The summed E-state index contributed by atoms with van der Waals surface area (Å²) in [6.45, 7) is 1.63. The molecule has 1 aromatic heterocycles. The highest BCUT2D eigenvalue weighted by molar-refractivity contribution is 7.14. The molecule has 0 aliphatic carbocycles. The lowest BCUT2D eigenvalue weighted by Gasteiger charge is -2.06. The summed E-state index contributed by atoms with van der Waals surface area (Å²) in [6.07, 6.45) is -0.716. The normalized spacial score (nSPS) is 9.76. The van der Waals surface area contributed by atoms with Crippen LogP contribution in [0.5, 0.6) is 0 Å². The molecule has 0 bridgehead atoms. The number of rotatable bonds is 5. The number of esters is 1. The van der Waals surface area contributed by atoms with E-state index in [4.69, 9.17) is 9.84 Å². The number of aliphatic hydroxyl groups excluding tert-OH is 1. The van der Waals surface area contributed by atoms with E-state index in [1.165, 1.54) is 11.3 Å². The second kappa shape index (κ2) is 6.87. The highest BCUT2D eigenvalue weighted by Gasteiger charge is 2.16. The number of nitrogens with one attached hydrogen (secondary N) is 1. The van der Waals surface area contributed by atoms with Gasteiger partial charge >= 0.3 is 12.1 Å². The van der Waals surface area contributed by atoms with Gasteiger partial charge in [-0.25, -0.2) is 9.59 Å². The first-order chi connectivity index (χ1) is 8.19. The predicted octanol–water partition coefficient (Wildman–Crippen LogP) is 1.47. The van der Waals surface area contributed by atoms with Gasteiger partial charge in [0.1, 0.15) is 11.6 Å². The largest absolute Gasteiger partial charge is 0.462 e. The van der Waals surface area contributed by atoms with Gasteiger partial charge in [-0.3, -0.25) is 5.32 Å². The van der Waals surface area contributed by atoms with Crippen LogP contribution >= 0.6 is 11.3 Å². The minimum atomic E-state index is -0.716. The van der Waals surface area contributed by atoms with Crippen molar-refractivity contribution in [1.29, 1.82) is 0 Å². The van der Waals surface area contributed by atoms with E-state index < -0.39 is 12.1 Å². The molecule has 0 radical (unpaired) electrons. The van der Waals surface area contributed by atoms with Crippen LogP contribution in [0.1, 0.15) is 17.3 Å². The van der Waals surface area contributed by atoms with Crippen LogP contribution in [0.4, 0.5) is 9.80 Å². The van der Waals surface area contributed by atoms with Crippen molar-refractivity contribution in [2.75, 3.05) is 25.1 Å². The number of thiophene rings is 1. The second-order valence-electron chi connectivity index (χ2n) is 2.87. The molecular weight excluding hydrogens is 246 g/mol. The number of hydrogen-bond acceptors (Lipinski definition) is 6. The summed E-state index contributed by atoms with van der Waals surface area (Å²) >= 11 is 1.19.